The van der Waals surface area contributed by atoms with E-state index in [0.717, 1.165) is 0 Å². The number of ether oxygens (including phenoxy) is 1. The molecule has 15 heavy (non-hydrogen) atoms. The van der Waals surface area contributed by atoms with E-state index in [2.05, 4.69) is 0 Å². The van der Waals surface area contributed by atoms with Gasteiger partial charge in [-0.05, 0) is 18.4 Å². The molecule has 0 fully saturated rings. The third-order valence-electron chi connectivity index (χ3n) is 1.91. The fourth-order valence-corrected chi connectivity index (χ4v) is 2.10. The first-order chi connectivity index (χ1) is 7.07. The highest BCUT2D eigenvalue weighted by atomic mass is 32.1. The maximum atomic E-state index is 11.7. The standard InChI is InChI=1S/C11H14O3S/c1-4-14-11(13)8-5-6-15-10(8)9(12)7(2)3/h5-7H,4H2,1-3H3. The molecule has 82 valence electrons. The van der Waals surface area contributed by atoms with Gasteiger partial charge in [0.15, 0.2) is 5.78 Å². The number of carbonyl (C=O) groups is 2. The minimum Gasteiger partial charge on any atom is -0.462 e. The molecule has 1 aromatic rings. The number of thiophene rings is 1. The van der Waals surface area contributed by atoms with E-state index in [1.54, 1.807) is 18.4 Å². The highest BCUT2D eigenvalue weighted by Gasteiger charge is 2.21. The second kappa shape index (κ2) is 5.07. The predicted octanol–water partition coefficient (Wildman–Crippen LogP) is 2.76. The molecule has 0 amide bonds. The van der Waals surface area contributed by atoms with E-state index in [1.807, 2.05) is 13.8 Å². The van der Waals surface area contributed by atoms with Crippen LogP contribution in [0.25, 0.3) is 0 Å². The SMILES string of the molecule is CCOC(=O)c1ccsc1C(=O)C(C)C. The summed E-state index contributed by atoms with van der Waals surface area (Å²) in [6.07, 6.45) is 0. The van der Waals surface area contributed by atoms with Crippen molar-refractivity contribution >= 4 is 23.1 Å². The number of carbonyl (C=O) groups excluding carboxylic acids is 2. The molecule has 4 heteroatoms. The van der Waals surface area contributed by atoms with Gasteiger partial charge in [-0.1, -0.05) is 13.8 Å². The van der Waals surface area contributed by atoms with Gasteiger partial charge >= 0.3 is 5.97 Å². The Hall–Kier alpha value is -1.16. The number of hydrogen-bond donors (Lipinski definition) is 0. The van der Waals surface area contributed by atoms with Gasteiger partial charge in [0.25, 0.3) is 0 Å². The third-order valence-corrected chi connectivity index (χ3v) is 2.84. The summed E-state index contributed by atoms with van der Waals surface area (Å²) in [4.78, 5) is 23.7. The Morgan fingerprint density at radius 2 is 2.13 bits per heavy atom. The Morgan fingerprint density at radius 3 is 2.67 bits per heavy atom. The average Bonchev–Trinajstić information content (AvgIpc) is 2.65. The van der Waals surface area contributed by atoms with Crippen molar-refractivity contribution in [1.82, 2.24) is 0 Å². The smallest absolute Gasteiger partial charge is 0.339 e. The molecule has 0 aromatic carbocycles. The van der Waals surface area contributed by atoms with Gasteiger partial charge in [-0.15, -0.1) is 11.3 Å². The lowest BCUT2D eigenvalue weighted by Crippen LogP contribution is -2.12. The molecule has 0 saturated heterocycles. The van der Waals surface area contributed by atoms with E-state index in [4.69, 9.17) is 4.74 Å². The summed E-state index contributed by atoms with van der Waals surface area (Å²) in [5, 5.41) is 1.74. The summed E-state index contributed by atoms with van der Waals surface area (Å²) in [7, 11) is 0. The molecular formula is C11H14O3S. The van der Waals surface area contributed by atoms with Crippen LogP contribution in [0.2, 0.25) is 0 Å². The van der Waals surface area contributed by atoms with Crippen molar-refractivity contribution in [2.45, 2.75) is 20.8 Å². The second-order valence-corrected chi connectivity index (χ2v) is 4.32. The van der Waals surface area contributed by atoms with Crippen LogP contribution in [0.5, 0.6) is 0 Å². The molecule has 0 aliphatic rings. The lowest BCUT2D eigenvalue weighted by molar-refractivity contribution is 0.0523. The van der Waals surface area contributed by atoms with E-state index < -0.39 is 5.97 Å². The first-order valence-electron chi connectivity index (χ1n) is 4.86. The fraction of sp³-hybridized carbons (Fsp3) is 0.455. The van der Waals surface area contributed by atoms with Gasteiger partial charge in [0.1, 0.15) is 0 Å². The summed E-state index contributed by atoms with van der Waals surface area (Å²) in [6.45, 7) is 5.70. The average molecular weight is 226 g/mol. The number of Topliss-reactive ketones (excluding diaryl/α,β-unsaturated/α-hetero) is 1. The Morgan fingerprint density at radius 1 is 1.47 bits per heavy atom. The van der Waals surface area contributed by atoms with E-state index >= 15 is 0 Å². The van der Waals surface area contributed by atoms with E-state index in [0.29, 0.717) is 17.0 Å². The quantitative estimate of drug-likeness (QED) is 0.585. The van der Waals surface area contributed by atoms with Crippen molar-refractivity contribution in [3.05, 3.63) is 21.9 Å². The van der Waals surface area contributed by atoms with Gasteiger partial charge in [-0.3, -0.25) is 4.79 Å². The maximum Gasteiger partial charge on any atom is 0.339 e. The van der Waals surface area contributed by atoms with Crippen LogP contribution in [-0.4, -0.2) is 18.4 Å². The molecule has 0 spiro atoms. The van der Waals surface area contributed by atoms with E-state index in [1.165, 1.54) is 11.3 Å². The molecule has 0 atom stereocenters. The lowest BCUT2D eigenvalue weighted by Gasteiger charge is -2.04. The van der Waals surface area contributed by atoms with Gasteiger partial charge in [0.2, 0.25) is 0 Å². The van der Waals surface area contributed by atoms with Crippen LogP contribution in [0.3, 0.4) is 0 Å². The van der Waals surface area contributed by atoms with E-state index in [9.17, 15) is 9.59 Å². The third kappa shape index (κ3) is 2.65. The zero-order chi connectivity index (χ0) is 11.4. The van der Waals surface area contributed by atoms with Crippen molar-refractivity contribution < 1.29 is 14.3 Å². The highest BCUT2D eigenvalue weighted by molar-refractivity contribution is 7.12. The minimum absolute atomic E-state index is 0.00643. The second-order valence-electron chi connectivity index (χ2n) is 3.40. The molecule has 0 aliphatic carbocycles. The topological polar surface area (TPSA) is 43.4 Å². The molecule has 1 aromatic heterocycles. The molecule has 3 nitrogen and oxygen atoms in total. The Bertz CT molecular complexity index is 366. The molecule has 0 aliphatic heterocycles. The summed E-state index contributed by atoms with van der Waals surface area (Å²) in [5.41, 5.74) is 0.389. The number of hydrogen-bond acceptors (Lipinski definition) is 4. The normalized spacial score (nSPS) is 10.4. The Kier molecular flexibility index (Phi) is 4.03. The maximum absolute atomic E-state index is 11.7. The van der Waals surface area contributed by atoms with Crippen molar-refractivity contribution in [2.24, 2.45) is 5.92 Å². The number of ketones is 1. The highest BCUT2D eigenvalue weighted by Crippen LogP contribution is 2.21. The molecule has 0 saturated carbocycles. The molecule has 1 rings (SSSR count). The van der Waals surface area contributed by atoms with Crippen molar-refractivity contribution in [3.8, 4) is 0 Å². The predicted molar refractivity (Wildman–Crippen MR) is 59.4 cm³/mol. The minimum atomic E-state index is -0.414. The van der Waals surface area contributed by atoms with Crippen molar-refractivity contribution in [3.63, 3.8) is 0 Å². The zero-order valence-corrected chi connectivity index (χ0v) is 9.89. The Balaban J connectivity index is 2.96. The van der Waals surface area contributed by atoms with Gasteiger partial charge < -0.3 is 4.74 Å². The lowest BCUT2D eigenvalue weighted by atomic mass is 10.1. The molecule has 0 unspecified atom stereocenters. The molecule has 0 radical (unpaired) electrons. The van der Waals surface area contributed by atoms with Crippen molar-refractivity contribution in [1.29, 1.82) is 0 Å². The van der Waals surface area contributed by atoms with Gasteiger partial charge in [-0.25, -0.2) is 4.79 Å². The summed E-state index contributed by atoms with van der Waals surface area (Å²) >= 11 is 1.29. The van der Waals surface area contributed by atoms with Crippen LogP contribution in [0.15, 0.2) is 11.4 Å². The van der Waals surface area contributed by atoms with Crippen LogP contribution in [-0.2, 0) is 4.74 Å². The fourth-order valence-electron chi connectivity index (χ4n) is 1.13. The summed E-state index contributed by atoms with van der Waals surface area (Å²) in [6, 6.07) is 1.64. The largest absolute Gasteiger partial charge is 0.462 e. The number of rotatable bonds is 4. The van der Waals surface area contributed by atoms with Crippen LogP contribution >= 0.6 is 11.3 Å². The molecule has 0 bridgehead atoms. The van der Waals surface area contributed by atoms with Gasteiger partial charge in [-0.2, -0.15) is 0 Å². The first kappa shape index (κ1) is 11.9. The zero-order valence-electron chi connectivity index (χ0n) is 9.07. The van der Waals surface area contributed by atoms with E-state index in [-0.39, 0.29) is 11.7 Å². The monoisotopic (exact) mass is 226 g/mol. The first-order valence-corrected chi connectivity index (χ1v) is 5.74. The molecule has 1 heterocycles. The van der Waals surface area contributed by atoms with Crippen LogP contribution in [0, 0.1) is 5.92 Å². The van der Waals surface area contributed by atoms with Gasteiger partial charge in [0.05, 0.1) is 17.0 Å². The van der Waals surface area contributed by atoms with Crippen molar-refractivity contribution in [2.75, 3.05) is 6.61 Å². The molecular weight excluding hydrogens is 212 g/mol. The van der Waals surface area contributed by atoms with Crippen LogP contribution in [0.1, 0.15) is 40.8 Å². The summed E-state index contributed by atoms with van der Waals surface area (Å²) < 4.78 is 4.87. The van der Waals surface area contributed by atoms with Crippen LogP contribution < -0.4 is 0 Å². The number of esters is 1. The Labute approximate surface area is 93.1 Å². The van der Waals surface area contributed by atoms with Gasteiger partial charge in [0, 0.05) is 5.92 Å². The molecule has 0 N–H and O–H groups in total. The van der Waals surface area contributed by atoms with Crippen LogP contribution in [0.4, 0.5) is 0 Å². The summed E-state index contributed by atoms with van der Waals surface area (Å²) in [5.74, 6) is -0.521.